The van der Waals surface area contributed by atoms with Gasteiger partial charge in [-0.15, -0.1) is 0 Å². The van der Waals surface area contributed by atoms with Gasteiger partial charge in [0, 0.05) is 23.2 Å². The Morgan fingerprint density at radius 2 is 1.84 bits per heavy atom. The molecule has 0 fully saturated rings. The Morgan fingerprint density at radius 3 is 2.44 bits per heavy atom. The zero-order valence-corrected chi connectivity index (χ0v) is 13.7. The average molecular weight is 362 g/mol. The average Bonchev–Trinajstić information content (AvgIpc) is 2.61. The molecule has 8 heteroatoms. The third-order valence-electron chi connectivity index (χ3n) is 3.07. The van der Waals surface area contributed by atoms with Crippen molar-refractivity contribution in [1.82, 2.24) is 0 Å². The van der Waals surface area contributed by atoms with Crippen molar-refractivity contribution in [3.63, 3.8) is 0 Å². The van der Waals surface area contributed by atoms with Gasteiger partial charge in [0.25, 0.3) is 5.69 Å². The van der Waals surface area contributed by atoms with Crippen molar-refractivity contribution < 1.29 is 24.0 Å². The van der Waals surface area contributed by atoms with E-state index in [1.165, 1.54) is 55.7 Å². The highest BCUT2D eigenvalue weighted by Crippen LogP contribution is 2.24. The van der Waals surface area contributed by atoms with E-state index in [-0.39, 0.29) is 17.0 Å². The van der Waals surface area contributed by atoms with Gasteiger partial charge >= 0.3 is 11.9 Å². The van der Waals surface area contributed by atoms with Gasteiger partial charge in [-0.1, -0.05) is 11.6 Å². The Bertz CT molecular complexity index is 845. The van der Waals surface area contributed by atoms with Crippen LogP contribution in [0.3, 0.4) is 0 Å². The summed E-state index contributed by atoms with van der Waals surface area (Å²) in [5, 5.41) is 10.9. The summed E-state index contributed by atoms with van der Waals surface area (Å²) in [5.41, 5.74) is 0.544. The molecule has 0 radical (unpaired) electrons. The highest BCUT2D eigenvalue weighted by atomic mass is 35.5. The van der Waals surface area contributed by atoms with Crippen molar-refractivity contribution >= 4 is 35.3 Å². The van der Waals surface area contributed by atoms with Gasteiger partial charge in [-0.2, -0.15) is 0 Å². The molecular weight excluding hydrogens is 350 g/mol. The van der Waals surface area contributed by atoms with Crippen molar-refractivity contribution in [1.29, 1.82) is 0 Å². The maximum Gasteiger partial charge on any atom is 0.341 e. The number of carbonyl (C=O) groups is 2. The SMILES string of the molecule is COC(=O)c1cc(Cl)ccc1OC(=O)/C=C/c1ccc([N+](=O)[O-])cc1. The number of nitro groups is 1. The van der Waals surface area contributed by atoms with Gasteiger partial charge < -0.3 is 9.47 Å². The molecule has 128 valence electrons. The summed E-state index contributed by atoms with van der Waals surface area (Å²) >= 11 is 5.82. The van der Waals surface area contributed by atoms with Crippen LogP contribution in [0.25, 0.3) is 6.08 Å². The minimum Gasteiger partial charge on any atom is -0.465 e. The predicted octanol–water partition coefficient (Wildman–Crippen LogP) is 3.65. The zero-order valence-electron chi connectivity index (χ0n) is 13.0. The maximum absolute atomic E-state index is 11.9. The van der Waals surface area contributed by atoms with E-state index in [0.717, 1.165) is 6.08 Å². The number of halogens is 1. The Kier molecular flexibility index (Phi) is 5.86. The van der Waals surface area contributed by atoms with Crippen molar-refractivity contribution in [2.75, 3.05) is 7.11 Å². The number of rotatable bonds is 5. The van der Waals surface area contributed by atoms with Crippen LogP contribution in [0.2, 0.25) is 5.02 Å². The van der Waals surface area contributed by atoms with Crippen molar-refractivity contribution in [2.45, 2.75) is 0 Å². The molecule has 2 aromatic carbocycles. The van der Waals surface area contributed by atoms with Crippen LogP contribution in [0.4, 0.5) is 5.69 Å². The number of non-ortho nitro benzene ring substituents is 1. The van der Waals surface area contributed by atoms with E-state index in [2.05, 4.69) is 4.74 Å². The third kappa shape index (κ3) is 4.89. The molecule has 0 N–H and O–H groups in total. The summed E-state index contributed by atoms with van der Waals surface area (Å²) < 4.78 is 9.73. The lowest BCUT2D eigenvalue weighted by atomic mass is 10.2. The highest BCUT2D eigenvalue weighted by molar-refractivity contribution is 6.31. The van der Waals surface area contributed by atoms with Crippen LogP contribution in [0.15, 0.2) is 48.5 Å². The van der Waals surface area contributed by atoms with E-state index >= 15 is 0 Å². The van der Waals surface area contributed by atoms with Crippen LogP contribution in [0.1, 0.15) is 15.9 Å². The summed E-state index contributed by atoms with van der Waals surface area (Å²) in [4.78, 5) is 33.7. The van der Waals surface area contributed by atoms with E-state index in [9.17, 15) is 19.7 Å². The molecule has 0 heterocycles. The van der Waals surface area contributed by atoms with Gasteiger partial charge in [-0.3, -0.25) is 10.1 Å². The van der Waals surface area contributed by atoms with Gasteiger partial charge in [-0.05, 0) is 42.0 Å². The van der Waals surface area contributed by atoms with Crippen LogP contribution in [0, 0.1) is 10.1 Å². The number of nitrogens with zero attached hydrogens (tertiary/aromatic N) is 1. The number of hydrogen-bond donors (Lipinski definition) is 0. The molecule has 7 nitrogen and oxygen atoms in total. The second kappa shape index (κ2) is 8.07. The topological polar surface area (TPSA) is 95.7 Å². The summed E-state index contributed by atoms with van der Waals surface area (Å²) in [6.07, 6.45) is 2.57. The Hall–Kier alpha value is -3.19. The van der Waals surface area contributed by atoms with Crippen molar-refractivity contribution in [2.24, 2.45) is 0 Å². The molecule has 0 aliphatic rings. The molecule has 0 amide bonds. The first kappa shape index (κ1) is 18.2. The van der Waals surface area contributed by atoms with Crippen molar-refractivity contribution in [3.8, 4) is 5.75 Å². The van der Waals surface area contributed by atoms with E-state index in [1.54, 1.807) is 0 Å². The molecule has 0 aromatic heterocycles. The quantitative estimate of drug-likeness (QED) is 0.265. The number of esters is 2. The molecule has 0 bridgehead atoms. The Balaban J connectivity index is 2.12. The van der Waals surface area contributed by atoms with Crippen LogP contribution in [-0.4, -0.2) is 24.0 Å². The zero-order chi connectivity index (χ0) is 18.4. The molecule has 0 unspecified atom stereocenters. The Labute approximate surface area is 147 Å². The van der Waals surface area contributed by atoms with Crippen molar-refractivity contribution in [3.05, 3.63) is 74.8 Å². The first-order chi connectivity index (χ1) is 11.9. The van der Waals surface area contributed by atoms with Gasteiger partial charge in [-0.25, -0.2) is 9.59 Å². The molecule has 0 spiro atoms. The van der Waals surface area contributed by atoms with Gasteiger partial charge in [0.05, 0.1) is 12.0 Å². The number of benzene rings is 2. The monoisotopic (exact) mass is 361 g/mol. The van der Waals surface area contributed by atoms with Crippen LogP contribution >= 0.6 is 11.6 Å². The summed E-state index contributed by atoms with van der Waals surface area (Å²) in [7, 11) is 1.20. The lowest BCUT2D eigenvalue weighted by molar-refractivity contribution is -0.384. The van der Waals surface area contributed by atoms with Gasteiger partial charge in [0.1, 0.15) is 11.3 Å². The maximum atomic E-state index is 11.9. The molecule has 0 aliphatic carbocycles. The van der Waals surface area contributed by atoms with E-state index in [4.69, 9.17) is 16.3 Å². The Morgan fingerprint density at radius 1 is 1.16 bits per heavy atom. The molecule has 2 rings (SSSR count). The number of ether oxygens (including phenoxy) is 2. The lowest BCUT2D eigenvalue weighted by Crippen LogP contribution is -2.09. The van der Waals surface area contributed by atoms with Crippen LogP contribution in [-0.2, 0) is 9.53 Å². The molecule has 25 heavy (non-hydrogen) atoms. The summed E-state index contributed by atoms with van der Waals surface area (Å²) in [6, 6.07) is 9.80. The number of carbonyl (C=O) groups excluding carboxylic acids is 2. The van der Waals surface area contributed by atoms with Crippen LogP contribution < -0.4 is 4.74 Å². The molecule has 0 saturated heterocycles. The summed E-state index contributed by atoms with van der Waals surface area (Å²) in [6.45, 7) is 0. The molecular formula is C17H12ClNO6. The molecule has 2 aromatic rings. The second-order valence-corrected chi connectivity index (χ2v) is 5.17. The fourth-order valence-corrected chi connectivity index (χ4v) is 2.05. The fourth-order valence-electron chi connectivity index (χ4n) is 1.87. The summed E-state index contributed by atoms with van der Waals surface area (Å²) in [5.74, 6) is -1.41. The lowest BCUT2D eigenvalue weighted by Gasteiger charge is -2.07. The number of hydrogen-bond acceptors (Lipinski definition) is 6. The third-order valence-corrected chi connectivity index (χ3v) is 3.31. The van der Waals surface area contributed by atoms with E-state index in [1.807, 2.05) is 0 Å². The highest BCUT2D eigenvalue weighted by Gasteiger charge is 2.15. The molecule has 0 aliphatic heterocycles. The number of nitro benzene ring substituents is 1. The predicted molar refractivity (Wildman–Crippen MR) is 90.6 cm³/mol. The minimum atomic E-state index is -0.731. The van der Waals surface area contributed by atoms with E-state index in [0.29, 0.717) is 10.6 Å². The normalized spacial score (nSPS) is 10.5. The van der Waals surface area contributed by atoms with Crippen LogP contribution in [0.5, 0.6) is 5.75 Å². The standard InChI is InChI=1S/C17H12ClNO6/c1-24-17(21)14-10-12(18)5-8-15(14)25-16(20)9-4-11-2-6-13(7-3-11)19(22)23/h2-10H,1H3/b9-4+. The smallest absolute Gasteiger partial charge is 0.341 e. The number of methoxy groups -OCH3 is 1. The fraction of sp³-hybridized carbons (Fsp3) is 0.0588. The first-order valence-electron chi connectivity index (χ1n) is 6.93. The largest absolute Gasteiger partial charge is 0.465 e. The molecule has 0 atom stereocenters. The molecule has 0 saturated carbocycles. The minimum absolute atomic E-state index is 0.00889. The van der Waals surface area contributed by atoms with Gasteiger partial charge in [0.2, 0.25) is 0 Å². The second-order valence-electron chi connectivity index (χ2n) is 4.74. The first-order valence-corrected chi connectivity index (χ1v) is 7.30. The van der Waals surface area contributed by atoms with E-state index < -0.39 is 16.9 Å². The van der Waals surface area contributed by atoms with Gasteiger partial charge in [0.15, 0.2) is 0 Å².